The van der Waals surface area contributed by atoms with Crippen LogP contribution in [0.3, 0.4) is 0 Å². The quantitative estimate of drug-likeness (QED) is 0.821. The topological polar surface area (TPSA) is 75.3 Å². The molecule has 0 aromatic heterocycles. The third kappa shape index (κ3) is 7.55. The van der Waals surface area contributed by atoms with Crippen LogP contribution in [0.15, 0.2) is 24.3 Å². The Morgan fingerprint density at radius 3 is 2.55 bits per heavy atom. The fourth-order valence-electron chi connectivity index (χ4n) is 1.60. The monoisotopic (exact) mass is 356 g/mol. The number of hydrogen-bond donors (Lipinski definition) is 2. The van der Waals surface area contributed by atoms with Gasteiger partial charge in [0.25, 0.3) is 0 Å². The van der Waals surface area contributed by atoms with E-state index in [2.05, 4.69) is 10.0 Å². The van der Waals surface area contributed by atoms with Gasteiger partial charge in [-0.3, -0.25) is 9.52 Å². The summed E-state index contributed by atoms with van der Waals surface area (Å²) in [6, 6.07) is 5.69. The molecule has 0 aliphatic rings. The molecule has 22 heavy (non-hydrogen) atoms. The molecule has 0 aliphatic heterocycles. The number of benzene rings is 1. The van der Waals surface area contributed by atoms with Crippen LogP contribution < -0.4 is 10.0 Å². The Bertz CT molecular complexity index is 633. The number of sulfonamides is 1. The summed E-state index contributed by atoms with van der Waals surface area (Å²) in [4.78, 5) is 11.4. The highest BCUT2D eigenvalue weighted by atomic mass is 32.2. The number of hydrogen-bond acceptors (Lipinski definition) is 4. The normalized spacial score (nSPS) is 13.5. The number of amides is 1. The first-order valence-electron chi connectivity index (χ1n) is 6.04. The highest BCUT2D eigenvalue weighted by molar-refractivity contribution is 8.00. The van der Waals surface area contributed by atoms with Gasteiger partial charge in [-0.05, 0) is 36.4 Å². The molecule has 0 radical (unpaired) electrons. The molecule has 1 amide bonds. The average Bonchev–Trinajstić information content (AvgIpc) is 2.34. The predicted octanol–water partition coefficient (Wildman–Crippen LogP) is 2.49. The van der Waals surface area contributed by atoms with Crippen molar-refractivity contribution in [1.82, 2.24) is 5.32 Å². The summed E-state index contributed by atoms with van der Waals surface area (Å²) in [7, 11) is -3.43. The summed E-state index contributed by atoms with van der Waals surface area (Å²) in [6.45, 7) is 1.59. The summed E-state index contributed by atoms with van der Waals surface area (Å²) in [5.41, 5.74) is -3.58. The summed E-state index contributed by atoms with van der Waals surface area (Å²) in [6.07, 6.45) is 0.999. The second-order valence-corrected chi connectivity index (χ2v) is 7.31. The second kappa shape index (κ2) is 7.23. The Balaban J connectivity index is 2.67. The van der Waals surface area contributed by atoms with Crippen LogP contribution in [0.2, 0.25) is 0 Å². The molecular weight excluding hydrogens is 341 g/mol. The fraction of sp³-hybridized carbons (Fsp3) is 0.417. The summed E-state index contributed by atoms with van der Waals surface area (Å²) >= 11 is -0.414. The first-order chi connectivity index (χ1) is 9.96. The third-order valence-electron chi connectivity index (χ3n) is 2.43. The number of thioether (sulfide) groups is 1. The lowest BCUT2D eigenvalue weighted by Crippen LogP contribution is -2.29. The lowest BCUT2D eigenvalue weighted by molar-refractivity contribution is -0.119. The zero-order valence-corrected chi connectivity index (χ0v) is 13.4. The largest absolute Gasteiger partial charge is 0.442 e. The van der Waals surface area contributed by atoms with Gasteiger partial charge in [0.1, 0.15) is 0 Å². The molecule has 0 heterocycles. The molecule has 1 aromatic carbocycles. The van der Waals surface area contributed by atoms with Crippen LogP contribution in [0.5, 0.6) is 0 Å². The Labute approximate surface area is 130 Å². The van der Waals surface area contributed by atoms with Gasteiger partial charge < -0.3 is 5.32 Å². The van der Waals surface area contributed by atoms with Crippen LogP contribution in [0.4, 0.5) is 18.9 Å². The summed E-state index contributed by atoms with van der Waals surface area (Å²) in [5, 5.41) is 2.42. The zero-order chi connectivity index (χ0) is 17.0. The summed E-state index contributed by atoms with van der Waals surface area (Å²) in [5.74, 6) is -1.48. The SMILES string of the molecule is CC(NC(=O)CSC(F)(F)F)c1cccc(NS(C)(=O)=O)c1. The predicted molar refractivity (Wildman–Crippen MR) is 80.0 cm³/mol. The van der Waals surface area contributed by atoms with E-state index < -0.39 is 45.0 Å². The Morgan fingerprint density at radius 1 is 1.36 bits per heavy atom. The van der Waals surface area contributed by atoms with Gasteiger partial charge in [-0.2, -0.15) is 13.2 Å². The minimum atomic E-state index is -4.46. The Hall–Kier alpha value is -1.42. The first-order valence-corrected chi connectivity index (χ1v) is 8.92. The van der Waals surface area contributed by atoms with E-state index in [9.17, 15) is 26.4 Å². The highest BCUT2D eigenvalue weighted by Gasteiger charge is 2.29. The van der Waals surface area contributed by atoms with E-state index in [0.717, 1.165) is 6.26 Å². The van der Waals surface area contributed by atoms with Gasteiger partial charge in [-0.1, -0.05) is 12.1 Å². The standard InChI is InChI=1S/C12H15F3N2O3S2/c1-8(16-11(18)7-21-12(13,14)15)9-4-3-5-10(6-9)17-22(2,19)20/h3-6,8,17H,7H2,1-2H3,(H,16,18). The van der Waals surface area contributed by atoms with E-state index in [-0.39, 0.29) is 0 Å². The van der Waals surface area contributed by atoms with Gasteiger partial charge in [-0.15, -0.1) is 0 Å². The van der Waals surface area contributed by atoms with Crippen LogP contribution in [0.25, 0.3) is 0 Å². The number of anilines is 1. The maximum atomic E-state index is 12.0. The van der Waals surface area contributed by atoms with Crippen molar-refractivity contribution in [3.8, 4) is 0 Å². The van der Waals surface area contributed by atoms with E-state index in [1.54, 1.807) is 19.1 Å². The molecule has 1 aromatic rings. The molecule has 10 heteroatoms. The lowest BCUT2D eigenvalue weighted by atomic mass is 10.1. The number of nitrogens with one attached hydrogen (secondary N) is 2. The summed E-state index contributed by atoms with van der Waals surface area (Å²) < 4.78 is 60.6. The van der Waals surface area contributed by atoms with Gasteiger partial charge >= 0.3 is 5.51 Å². The van der Waals surface area contributed by atoms with E-state index in [1.807, 2.05) is 0 Å². The van der Waals surface area contributed by atoms with Crippen molar-refractivity contribution in [2.24, 2.45) is 0 Å². The van der Waals surface area contributed by atoms with Crippen LogP contribution in [0.1, 0.15) is 18.5 Å². The van der Waals surface area contributed by atoms with Crippen molar-refractivity contribution in [1.29, 1.82) is 0 Å². The molecule has 2 N–H and O–H groups in total. The fourth-order valence-corrected chi connectivity index (χ4v) is 2.53. The van der Waals surface area contributed by atoms with Gasteiger partial charge in [-0.25, -0.2) is 8.42 Å². The Kier molecular flexibility index (Phi) is 6.12. The molecule has 0 fully saturated rings. The number of rotatable bonds is 6. The molecule has 5 nitrogen and oxygen atoms in total. The van der Waals surface area contributed by atoms with E-state index >= 15 is 0 Å². The van der Waals surface area contributed by atoms with Crippen molar-refractivity contribution in [2.45, 2.75) is 18.5 Å². The van der Waals surface area contributed by atoms with Gasteiger partial charge in [0, 0.05) is 5.69 Å². The number of carbonyl (C=O) groups excluding carboxylic acids is 1. The number of carbonyl (C=O) groups is 1. The average molecular weight is 356 g/mol. The molecule has 0 spiro atoms. The smallest absolute Gasteiger partial charge is 0.349 e. The van der Waals surface area contributed by atoms with E-state index in [0.29, 0.717) is 11.3 Å². The van der Waals surface area contributed by atoms with Crippen molar-refractivity contribution in [3.63, 3.8) is 0 Å². The molecule has 1 atom stereocenters. The van der Waals surface area contributed by atoms with Gasteiger partial charge in [0.2, 0.25) is 15.9 Å². The van der Waals surface area contributed by atoms with Crippen LogP contribution in [0, 0.1) is 0 Å². The first kappa shape index (κ1) is 18.6. The van der Waals surface area contributed by atoms with Crippen LogP contribution >= 0.6 is 11.8 Å². The zero-order valence-electron chi connectivity index (χ0n) is 11.8. The van der Waals surface area contributed by atoms with Gasteiger partial charge in [0.15, 0.2) is 0 Å². The maximum absolute atomic E-state index is 12.0. The van der Waals surface area contributed by atoms with E-state index in [4.69, 9.17) is 0 Å². The molecule has 1 rings (SSSR count). The van der Waals surface area contributed by atoms with Gasteiger partial charge in [0.05, 0.1) is 18.1 Å². The molecule has 0 aliphatic carbocycles. The van der Waals surface area contributed by atoms with Crippen molar-refractivity contribution >= 4 is 33.4 Å². The molecule has 0 saturated carbocycles. The number of halogens is 3. The minimum absolute atomic E-state index is 0.311. The van der Waals surface area contributed by atoms with Crippen molar-refractivity contribution < 1.29 is 26.4 Å². The lowest BCUT2D eigenvalue weighted by Gasteiger charge is -2.16. The number of alkyl halides is 3. The van der Waals surface area contributed by atoms with Crippen LogP contribution in [-0.4, -0.2) is 31.8 Å². The Morgan fingerprint density at radius 2 is 2.00 bits per heavy atom. The second-order valence-electron chi connectivity index (χ2n) is 4.52. The van der Waals surface area contributed by atoms with Crippen molar-refractivity contribution in [2.75, 3.05) is 16.7 Å². The van der Waals surface area contributed by atoms with E-state index in [1.165, 1.54) is 12.1 Å². The maximum Gasteiger partial charge on any atom is 0.442 e. The molecule has 0 bridgehead atoms. The molecule has 124 valence electrons. The third-order valence-corrected chi connectivity index (χ3v) is 3.77. The molecular formula is C12H15F3N2O3S2. The molecule has 1 unspecified atom stereocenters. The minimum Gasteiger partial charge on any atom is -0.349 e. The van der Waals surface area contributed by atoms with Crippen LogP contribution in [-0.2, 0) is 14.8 Å². The molecule has 0 saturated heterocycles. The highest BCUT2D eigenvalue weighted by Crippen LogP contribution is 2.29. The van der Waals surface area contributed by atoms with Crippen molar-refractivity contribution in [3.05, 3.63) is 29.8 Å².